The van der Waals surface area contributed by atoms with Crippen LogP contribution in [-0.2, 0) is 28.5 Å². The Labute approximate surface area is 209 Å². The summed E-state index contributed by atoms with van der Waals surface area (Å²) >= 11 is 12.8. The van der Waals surface area contributed by atoms with Gasteiger partial charge in [-0.2, -0.15) is 0 Å². The van der Waals surface area contributed by atoms with Crippen LogP contribution in [0.25, 0.3) is 0 Å². The van der Waals surface area contributed by atoms with Crippen LogP contribution >= 0.6 is 23.2 Å². The maximum Gasteiger partial charge on any atom is 0.337 e. The Balaban J connectivity index is 2.56. The average molecular weight is 513 g/mol. The number of carbonyl (C=O) groups is 2. The minimum absolute atomic E-state index is 0.00957. The lowest BCUT2D eigenvalue weighted by molar-refractivity contribution is -0.138. The fourth-order valence-electron chi connectivity index (χ4n) is 3.43. The summed E-state index contributed by atoms with van der Waals surface area (Å²) in [7, 11) is 1.27. The Morgan fingerprint density at radius 3 is 2.47 bits per heavy atom. The molecule has 186 valence electrons. The van der Waals surface area contributed by atoms with E-state index in [2.05, 4.69) is 11.9 Å². The molecular weight excluding hydrogens is 483 g/mol. The number of nitrogens with two attached hydrogens (primary N) is 1. The van der Waals surface area contributed by atoms with Crippen molar-refractivity contribution in [2.45, 2.75) is 19.8 Å². The summed E-state index contributed by atoms with van der Waals surface area (Å²) in [4.78, 5) is 26.1. The van der Waals surface area contributed by atoms with Crippen LogP contribution in [0.4, 0.5) is 0 Å². The van der Waals surface area contributed by atoms with Gasteiger partial charge in [-0.25, -0.2) is 9.59 Å². The van der Waals surface area contributed by atoms with Crippen molar-refractivity contribution in [1.82, 2.24) is 5.32 Å². The zero-order chi connectivity index (χ0) is 25.3. The highest BCUT2D eigenvalue weighted by Crippen LogP contribution is 2.43. The lowest BCUT2D eigenvalue weighted by atomic mass is 9.80. The van der Waals surface area contributed by atoms with Gasteiger partial charge in [-0.1, -0.05) is 41.9 Å². The van der Waals surface area contributed by atoms with E-state index in [1.165, 1.54) is 7.11 Å². The topological polar surface area (TPSA) is 109 Å². The molecule has 1 aliphatic rings. The Morgan fingerprint density at radius 2 is 1.82 bits per heavy atom. The number of ether oxygens (including phenoxy) is 4. The van der Waals surface area contributed by atoms with Gasteiger partial charge in [0, 0.05) is 12.2 Å². The van der Waals surface area contributed by atoms with E-state index in [4.69, 9.17) is 47.9 Å². The van der Waals surface area contributed by atoms with E-state index in [0.717, 1.165) is 0 Å². The Bertz CT molecular complexity index is 990. The minimum atomic E-state index is -0.899. The number of hydrogen-bond acceptors (Lipinski definition) is 8. The molecule has 0 bridgehead atoms. The van der Waals surface area contributed by atoms with Gasteiger partial charge in [-0.15, -0.1) is 0 Å². The van der Waals surface area contributed by atoms with Crippen LogP contribution in [0.2, 0.25) is 10.0 Å². The van der Waals surface area contributed by atoms with Crippen molar-refractivity contribution < 1.29 is 28.5 Å². The van der Waals surface area contributed by atoms with Gasteiger partial charge >= 0.3 is 11.9 Å². The zero-order valence-corrected chi connectivity index (χ0v) is 21.1. The Hall–Kier alpha value is -2.36. The van der Waals surface area contributed by atoms with Gasteiger partial charge in [0.1, 0.15) is 6.61 Å². The van der Waals surface area contributed by atoms with Crippen LogP contribution < -0.4 is 11.1 Å². The number of nitrogens with one attached hydrogen (secondary N) is 1. The van der Waals surface area contributed by atoms with E-state index in [0.29, 0.717) is 42.3 Å². The maximum absolute atomic E-state index is 13.3. The molecule has 0 unspecified atom stereocenters. The van der Waals surface area contributed by atoms with Crippen LogP contribution in [0, 0.1) is 0 Å². The first-order chi connectivity index (χ1) is 16.2. The summed E-state index contributed by atoms with van der Waals surface area (Å²) in [5, 5.41) is 3.60. The Morgan fingerprint density at radius 1 is 1.12 bits per heavy atom. The molecule has 1 aromatic rings. The van der Waals surface area contributed by atoms with Crippen molar-refractivity contribution in [2.24, 2.45) is 5.73 Å². The molecule has 1 aliphatic heterocycles. The standard InChI is InChI=1S/C24H30Cl2N2O6/c1-14(2)12-34-24(30)21-18(13-33-11-10-32-9-8-27)28-15(3)19(23(29)31-4)20(21)16-6-5-7-17(25)22(16)26/h5-7,20,28H,1,8-13,27H2,2-4H3/t20-/m1/s1. The second kappa shape index (κ2) is 13.5. The van der Waals surface area contributed by atoms with Gasteiger partial charge in [0.15, 0.2) is 0 Å². The van der Waals surface area contributed by atoms with Crippen LogP contribution in [0.1, 0.15) is 25.3 Å². The van der Waals surface area contributed by atoms with Crippen LogP contribution in [0.3, 0.4) is 0 Å². The number of esters is 2. The first-order valence-electron chi connectivity index (χ1n) is 10.6. The number of hydrogen-bond donors (Lipinski definition) is 2. The third-order valence-electron chi connectivity index (χ3n) is 4.89. The molecule has 0 fully saturated rings. The van der Waals surface area contributed by atoms with E-state index < -0.39 is 17.9 Å². The molecule has 2 rings (SSSR count). The van der Waals surface area contributed by atoms with Crippen LogP contribution in [-0.4, -0.2) is 58.6 Å². The predicted molar refractivity (Wildman–Crippen MR) is 131 cm³/mol. The third kappa shape index (κ3) is 7.07. The average Bonchev–Trinajstić information content (AvgIpc) is 2.80. The highest BCUT2D eigenvalue weighted by molar-refractivity contribution is 6.42. The molecule has 1 aromatic carbocycles. The van der Waals surface area contributed by atoms with Gasteiger partial charge in [-0.05, 0) is 31.1 Å². The molecule has 0 spiro atoms. The molecule has 0 saturated carbocycles. The van der Waals surface area contributed by atoms with Gasteiger partial charge < -0.3 is 30.0 Å². The van der Waals surface area contributed by atoms with Crippen molar-refractivity contribution in [3.8, 4) is 0 Å². The van der Waals surface area contributed by atoms with Gasteiger partial charge in [-0.3, -0.25) is 0 Å². The number of methoxy groups -OCH3 is 1. The molecule has 3 N–H and O–H groups in total. The van der Waals surface area contributed by atoms with Gasteiger partial charge in [0.05, 0.1) is 66.3 Å². The number of allylic oxidation sites excluding steroid dienone is 1. The summed E-state index contributed by atoms with van der Waals surface area (Å²) in [6, 6.07) is 5.01. The normalized spacial score (nSPS) is 15.8. The highest BCUT2D eigenvalue weighted by Gasteiger charge is 2.40. The molecule has 0 saturated heterocycles. The summed E-state index contributed by atoms with van der Waals surface area (Å²) < 4.78 is 21.5. The number of benzene rings is 1. The van der Waals surface area contributed by atoms with E-state index in [9.17, 15) is 9.59 Å². The number of carbonyl (C=O) groups excluding carboxylic acids is 2. The fourth-order valence-corrected chi connectivity index (χ4v) is 3.85. The maximum atomic E-state index is 13.3. The summed E-state index contributed by atoms with van der Waals surface area (Å²) in [5.41, 5.74) is 7.83. The first-order valence-corrected chi connectivity index (χ1v) is 11.4. The summed E-state index contributed by atoms with van der Waals surface area (Å²) in [5.74, 6) is -2.17. The zero-order valence-electron chi connectivity index (χ0n) is 19.5. The smallest absolute Gasteiger partial charge is 0.337 e. The van der Waals surface area contributed by atoms with Crippen molar-refractivity contribution in [2.75, 3.05) is 46.7 Å². The second-order valence-corrected chi connectivity index (χ2v) is 8.40. The van der Waals surface area contributed by atoms with E-state index >= 15 is 0 Å². The number of rotatable bonds is 12. The Kier molecular flexibility index (Phi) is 11.1. The number of dihydropyridines is 1. The molecular formula is C24H30Cl2N2O6. The molecule has 1 atom stereocenters. The van der Waals surface area contributed by atoms with E-state index in [-0.39, 0.29) is 41.0 Å². The van der Waals surface area contributed by atoms with Crippen molar-refractivity contribution in [3.05, 3.63) is 68.5 Å². The summed E-state index contributed by atoms with van der Waals surface area (Å²) in [6.45, 7) is 8.70. The highest BCUT2D eigenvalue weighted by atomic mass is 35.5. The molecule has 8 nitrogen and oxygen atoms in total. The van der Waals surface area contributed by atoms with Crippen molar-refractivity contribution >= 4 is 35.1 Å². The van der Waals surface area contributed by atoms with Gasteiger partial charge in [0.25, 0.3) is 0 Å². The lowest BCUT2D eigenvalue weighted by Crippen LogP contribution is -2.35. The lowest BCUT2D eigenvalue weighted by Gasteiger charge is -2.32. The van der Waals surface area contributed by atoms with E-state index in [1.54, 1.807) is 32.0 Å². The van der Waals surface area contributed by atoms with Gasteiger partial charge in [0.2, 0.25) is 0 Å². The van der Waals surface area contributed by atoms with Crippen LogP contribution in [0.5, 0.6) is 0 Å². The first kappa shape index (κ1) is 27.9. The SMILES string of the molecule is C=C(C)COC(=O)C1=C(COCCOCCN)NC(C)=C(C(=O)OC)[C@H]1c1cccc(Cl)c1Cl. The quantitative estimate of drug-likeness (QED) is 0.249. The second-order valence-electron chi connectivity index (χ2n) is 7.61. The largest absolute Gasteiger partial charge is 0.466 e. The third-order valence-corrected chi connectivity index (χ3v) is 5.73. The predicted octanol–water partition coefficient (Wildman–Crippen LogP) is 3.49. The molecule has 1 heterocycles. The fraction of sp³-hybridized carbons (Fsp3) is 0.417. The molecule has 0 aromatic heterocycles. The van der Waals surface area contributed by atoms with Crippen molar-refractivity contribution in [1.29, 1.82) is 0 Å². The molecule has 0 amide bonds. The van der Waals surface area contributed by atoms with Crippen LogP contribution in [0.15, 0.2) is 52.9 Å². The molecule has 0 radical (unpaired) electrons. The number of halogens is 2. The molecule has 10 heteroatoms. The monoisotopic (exact) mass is 512 g/mol. The van der Waals surface area contributed by atoms with E-state index in [1.807, 2.05) is 0 Å². The summed E-state index contributed by atoms with van der Waals surface area (Å²) in [6.07, 6.45) is 0. The minimum Gasteiger partial charge on any atom is -0.466 e. The molecule has 34 heavy (non-hydrogen) atoms. The molecule has 0 aliphatic carbocycles. The van der Waals surface area contributed by atoms with Crippen molar-refractivity contribution in [3.63, 3.8) is 0 Å².